The lowest BCUT2D eigenvalue weighted by molar-refractivity contribution is 0.0927. The summed E-state index contributed by atoms with van der Waals surface area (Å²) in [5.74, 6) is 0.601. The van der Waals surface area contributed by atoms with E-state index in [9.17, 15) is 9.59 Å². The van der Waals surface area contributed by atoms with E-state index in [1.165, 1.54) is 17.6 Å². The quantitative estimate of drug-likeness (QED) is 0.649. The molecule has 0 saturated carbocycles. The van der Waals surface area contributed by atoms with Crippen LogP contribution in [0.1, 0.15) is 54.9 Å². The van der Waals surface area contributed by atoms with Crippen molar-refractivity contribution in [2.24, 2.45) is 0 Å². The second-order valence-electron chi connectivity index (χ2n) is 7.22. The van der Waals surface area contributed by atoms with E-state index < -0.39 is 0 Å². The Bertz CT molecular complexity index is 1070. The van der Waals surface area contributed by atoms with Crippen molar-refractivity contribution < 1.29 is 18.7 Å². The Hall–Kier alpha value is -3.06. The minimum absolute atomic E-state index is 0.104. The minimum atomic E-state index is -0.340. The Kier molecular flexibility index (Phi) is 5.15. The van der Waals surface area contributed by atoms with Gasteiger partial charge in [0.25, 0.3) is 11.8 Å². The predicted molar refractivity (Wildman–Crippen MR) is 112 cm³/mol. The van der Waals surface area contributed by atoms with Crippen molar-refractivity contribution in [2.45, 2.75) is 33.2 Å². The monoisotopic (exact) mass is 410 g/mol. The van der Waals surface area contributed by atoms with Gasteiger partial charge < -0.3 is 19.8 Å². The molecule has 29 heavy (non-hydrogen) atoms. The van der Waals surface area contributed by atoms with E-state index >= 15 is 0 Å². The van der Waals surface area contributed by atoms with Crippen molar-refractivity contribution >= 4 is 28.2 Å². The molecule has 1 atom stereocenters. The van der Waals surface area contributed by atoms with Gasteiger partial charge in [0.15, 0.2) is 5.76 Å². The molecule has 0 bridgehead atoms. The number of furan rings is 1. The zero-order chi connectivity index (χ0) is 20.5. The average Bonchev–Trinajstić information content (AvgIpc) is 3.32. The van der Waals surface area contributed by atoms with Crippen molar-refractivity contribution in [3.63, 3.8) is 0 Å². The Morgan fingerprint density at radius 1 is 1.10 bits per heavy atom. The summed E-state index contributed by atoms with van der Waals surface area (Å²) in [6.45, 7) is 6.49. The lowest BCUT2D eigenvalue weighted by atomic mass is 9.95. The van der Waals surface area contributed by atoms with Gasteiger partial charge in [0, 0.05) is 12.0 Å². The lowest BCUT2D eigenvalue weighted by Crippen LogP contribution is -2.32. The molecule has 1 aliphatic heterocycles. The molecule has 1 aromatic carbocycles. The standard InChI is InChI=1S/C22H22N2O4S/c1-12-9-13(2)19-15(10-12)16(6-8-28-19)23-22(26)20-14(3)11-18(29-20)24-21(25)17-5-4-7-27-17/h4-5,7,9-11,16H,6,8H2,1-3H3,(H,23,26)(H,24,25). The average molecular weight is 410 g/mol. The van der Waals surface area contributed by atoms with Crippen molar-refractivity contribution in [1.82, 2.24) is 5.32 Å². The maximum absolute atomic E-state index is 13.0. The van der Waals surface area contributed by atoms with Crippen LogP contribution < -0.4 is 15.4 Å². The zero-order valence-corrected chi connectivity index (χ0v) is 17.3. The number of carbonyl (C=O) groups excluding carboxylic acids is 2. The van der Waals surface area contributed by atoms with E-state index in [1.807, 2.05) is 20.8 Å². The summed E-state index contributed by atoms with van der Waals surface area (Å²) >= 11 is 1.25. The minimum Gasteiger partial charge on any atom is -0.493 e. The highest BCUT2D eigenvalue weighted by Crippen LogP contribution is 2.36. The molecule has 4 rings (SSSR count). The van der Waals surface area contributed by atoms with Crippen LogP contribution in [0.2, 0.25) is 0 Å². The summed E-state index contributed by atoms with van der Waals surface area (Å²) in [7, 11) is 0. The van der Waals surface area contributed by atoms with E-state index in [1.54, 1.807) is 18.2 Å². The fourth-order valence-corrected chi connectivity index (χ4v) is 4.57. The highest BCUT2D eigenvalue weighted by molar-refractivity contribution is 7.18. The van der Waals surface area contributed by atoms with Gasteiger partial charge in [0.05, 0.1) is 28.8 Å². The maximum Gasteiger partial charge on any atom is 0.291 e. The number of carbonyl (C=O) groups is 2. The van der Waals surface area contributed by atoms with Gasteiger partial charge in [0.1, 0.15) is 5.75 Å². The third-order valence-corrected chi connectivity index (χ3v) is 6.04. The number of amides is 2. The van der Waals surface area contributed by atoms with E-state index in [4.69, 9.17) is 9.15 Å². The highest BCUT2D eigenvalue weighted by atomic mass is 32.1. The van der Waals surface area contributed by atoms with Crippen LogP contribution in [0, 0.1) is 20.8 Å². The first-order valence-electron chi connectivity index (χ1n) is 9.42. The Morgan fingerprint density at radius 3 is 2.69 bits per heavy atom. The second kappa shape index (κ2) is 7.75. The summed E-state index contributed by atoms with van der Waals surface area (Å²) in [5, 5.41) is 6.53. The largest absolute Gasteiger partial charge is 0.493 e. The molecule has 3 heterocycles. The fourth-order valence-electron chi connectivity index (χ4n) is 3.60. The third kappa shape index (κ3) is 3.91. The van der Waals surface area contributed by atoms with Crippen molar-refractivity contribution in [3.8, 4) is 5.75 Å². The van der Waals surface area contributed by atoms with Crippen LogP contribution in [0.15, 0.2) is 41.0 Å². The Morgan fingerprint density at radius 2 is 1.93 bits per heavy atom. The first kappa shape index (κ1) is 19.3. The first-order chi connectivity index (χ1) is 13.9. The summed E-state index contributed by atoms with van der Waals surface area (Å²) in [4.78, 5) is 25.7. The number of anilines is 1. The molecular formula is C22H22N2O4S. The van der Waals surface area contributed by atoms with Gasteiger partial charge in [-0.2, -0.15) is 0 Å². The topological polar surface area (TPSA) is 80.6 Å². The molecule has 1 unspecified atom stereocenters. The molecule has 6 nitrogen and oxygen atoms in total. The Balaban J connectivity index is 1.52. The van der Waals surface area contributed by atoms with Gasteiger partial charge in [-0.05, 0) is 50.1 Å². The number of aryl methyl sites for hydroxylation is 3. The number of nitrogens with one attached hydrogen (secondary N) is 2. The molecule has 0 aliphatic carbocycles. The van der Waals surface area contributed by atoms with E-state index in [2.05, 4.69) is 22.8 Å². The van der Waals surface area contributed by atoms with Gasteiger partial charge in [0.2, 0.25) is 0 Å². The van der Waals surface area contributed by atoms with Crippen LogP contribution in [0.4, 0.5) is 5.00 Å². The van der Waals surface area contributed by atoms with Crippen LogP contribution in [0.3, 0.4) is 0 Å². The SMILES string of the molecule is Cc1cc(C)c2c(c1)C(NC(=O)c1sc(NC(=O)c3ccco3)cc1C)CCO2. The first-order valence-corrected chi connectivity index (χ1v) is 10.2. The number of benzene rings is 1. The molecule has 2 N–H and O–H groups in total. The number of hydrogen-bond donors (Lipinski definition) is 2. The Labute approximate surface area is 172 Å². The van der Waals surface area contributed by atoms with Gasteiger partial charge in [-0.3, -0.25) is 9.59 Å². The molecule has 0 spiro atoms. The molecule has 1 aliphatic rings. The van der Waals surface area contributed by atoms with Crippen molar-refractivity contribution in [1.29, 1.82) is 0 Å². The van der Waals surface area contributed by atoms with Gasteiger partial charge in [-0.15, -0.1) is 11.3 Å². The normalized spacial score (nSPS) is 15.3. The van der Waals surface area contributed by atoms with Crippen LogP contribution in [0.5, 0.6) is 5.75 Å². The van der Waals surface area contributed by atoms with Crippen LogP contribution in [-0.2, 0) is 0 Å². The van der Waals surface area contributed by atoms with Crippen molar-refractivity contribution in [3.05, 3.63) is 69.5 Å². The van der Waals surface area contributed by atoms with Gasteiger partial charge in [-0.25, -0.2) is 0 Å². The highest BCUT2D eigenvalue weighted by Gasteiger charge is 2.26. The molecule has 2 aromatic heterocycles. The summed E-state index contributed by atoms with van der Waals surface area (Å²) in [5.41, 5.74) is 4.05. The molecule has 150 valence electrons. The van der Waals surface area contributed by atoms with Crippen LogP contribution >= 0.6 is 11.3 Å². The second-order valence-corrected chi connectivity index (χ2v) is 8.27. The van der Waals surface area contributed by atoms with Crippen LogP contribution in [-0.4, -0.2) is 18.4 Å². The van der Waals surface area contributed by atoms with Crippen molar-refractivity contribution in [2.75, 3.05) is 11.9 Å². The van der Waals surface area contributed by atoms with Crippen LogP contribution in [0.25, 0.3) is 0 Å². The smallest absolute Gasteiger partial charge is 0.291 e. The predicted octanol–water partition coefficient (Wildman–Crippen LogP) is 4.77. The molecule has 3 aromatic rings. The zero-order valence-electron chi connectivity index (χ0n) is 16.5. The van der Waals surface area contributed by atoms with E-state index in [-0.39, 0.29) is 23.6 Å². The number of rotatable bonds is 4. The molecule has 0 fully saturated rings. The summed E-state index contributed by atoms with van der Waals surface area (Å²) < 4.78 is 10.9. The molecule has 0 radical (unpaired) electrons. The third-order valence-electron chi connectivity index (χ3n) is 4.89. The fraction of sp³-hybridized carbons (Fsp3) is 0.273. The molecule has 7 heteroatoms. The number of hydrogen-bond acceptors (Lipinski definition) is 5. The molecule has 2 amide bonds. The van der Waals surface area contributed by atoms with Gasteiger partial charge in [-0.1, -0.05) is 17.7 Å². The van der Waals surface area contributed by atoms with E-state index in [0.29, 0.717) is 22.9 Å². The molecular weight excluding hydrogens is 388 g/mol. The lowest BCUT2D eigenvalue weighted by Gasteiger charge is -2.28. The number of thiophene rings is 1. The molecule has 0 saturated heterocycles. The van der Waals surface area contributed by atoms with E-state index in [0.717, 1.165) is 28.0 Å². The van der Waals surface area contributed by atoms with Gasteiger partial charge >= 0.3 is 0 Å². The maximum atomic E-state index is 13.0. The number of fused-ring (bicyclic) bond motifs is 1. The summed E-state index contributed by atoms with van der Waals surface area (Å²) in [6.07, 6.45) is 2.16. The number of ether oxygens (including phenoxy) is 1. The summed E-state index contributed by atoms with van der Waals surface area (Å²) in [6, 6.07) is 9.10.